The molecular weight excluding hydrogens is 196 g/mol. The fourth-order valence-electron chi connectivity index (χ4n) is 1.80. The number of ether oxygens (including phenoxy) is 1. The van der Waals surface area contributed by atoms with Gasteiger partial charge in [-0.15, -0.1) is 0 Å². The van der Waals surface area contributed by atoms with Gasteiger partial charge in [0.2, 0.25) is 0 Å². The first-order valence-corrected chi connectivity index (χ1v) is 5.59. The zero-order valence-electron chi connectivity index (χ0n) is 9.73. The van der Waals surface area contributed by atoms with E-state index in [0.717, 1.165) is 5.75 Å². The van der Waals surface area contributed by atoms with Crippen LogP contribution in [0.2, 0.25) is 0 Å². The standard InChI is InChI=1S/C15H16O/c1-3-16-15-10-12(2)9-14(11-15)13-7-5-4-6-8-13/h4-11H,3H2,1-2H3. The van der Waals surface area contributed by atoms with E-state index >= 15 is 0 Å². The van der Waals surface area contributed by atoms with Crippen molar-refractivity contribution in [3.63, 3.8) is 0 Å². The molecule has 0 fully saturated rings. The molecule has 0 aromatic heterocycles. The molecular formula is C15H16O. The number of hydrogen-bond donors (Lipinski definition) is 0. The van der Waals surface area contributed by atoms with E-state index in [1.807, 2.05) is 13.0 Å². The first-order chi connectivity index (χ1) is 7.79. The molecule has 1 nitrogen and oxygen atoms in total. The van der Waals surface area contributed by atoms with Crippen LogP contribution < -0.4 is 4.74 Å². The zero-order valence-corrected chi connectivity index (χ0v) is 9.73. The van der Waals surface area contributed by atoms with Crippen molar-refractivity contribution in [2.75, 3.05) is 6.61 Å². The summed E-state index contributed by atoms with van der Waals surface area (Å²) < 4.78 is 5.55. The largest absolute Gasteiger partial charge is 0.494 e. The Morgan fingerprint density at radius 2 is 1.69 bits per heavy atom. The Balaban J connectivity index is 2.41. The third-order valence-corrected chi connectivity index (χ3v) is 2.47. The lowest BCUT2D eigenvalue weighted by atomic mass is 10.0. The molecule has 2 aromatic carbocycles. The normalized spacial score (nSPS) is 10.1. The quantitative estimate of drug-likeness (QED) is 0.745. The maximum atomic E-state index is 5.55. The van der Waals surface area contributed by atoms with Crippen molar-refractivity contribution >= 4 is 0 Å². The average Bonchev–Trinajstić information content (AvgIpc) is 2.30. The smallest absolute Gasteiger partial charge is 0.120 e. The van der Waals surface area contributed by atoms with Crippen LogP contribution in [0, 0.1) is 6.92 Å². The Bertz CT molecular complexity index is 460. The molecule has 1 heteroatoms. The summed E-state index contributed by atoms with van der Waals surface area (Å²) in [5, 5.41) is 0. The molecule has 0 radical (unpaired) electrons. The molecule has 0 saturated carbocycles. The Morgan fingerprint density at radius 1 is 0.938 bits per heavy atom. The molecule has 16 heavy (non-hydrogen) atoms. The van der Waals surface area contributed by atoms with Crippen LogP contribution in [0.3, 0.4) is 0 Å². The third kappa shape index (κ3) is 2.43. The second kappa shape index (κ2) is 4.84. The Hall–Kier alpha value is -1.76. The van der Waals surface area contributed by atoms with Gasteiger partial charge in [-0.1, -0.05) is 36.4 Å². The van der Waals surface area contributed by atoms with Gasteiger partial charge in [0, 0.05) is 0 Å². The van der Waals surface area contributed by atoms with Crippen molar-refractivity contribution in [1.82, 2.24) is 0 Å². The molecule has 0 atom stereocenters. The van der Waals surface area contributed by atoms with Gasteiger partial charge in [0.15, 0.2) is 0 Å². The lowest BCUT2D eigenvalue weighted by Gasteiger charge is -2.08. The summed E-state index contributed by atoms with van der Waals surface area (Å²) in [7, 11) is 0. The molecule has 0 amide bonds. The summed E-state index contributed by atoms with van der Waals surface area (Å²) >= 11 is 0. The first-order valence-electron chi connectivity index (χ1n) is 5.59. The molecule has 82 valence electrons. The van der Waals surface area contributed by atoms with Crippen molar-refractivity contribution in [3.8, 4) is 16.9 Å². The van der Waals surface area contributed by atoms with Crippen LogP contribution in [0.25, 0.3) is 11.1 Å². The van der Waals surface area contributed by atoms with Gasteiger partial charge in [0.1, 0.15) is 5.75 Å². The van der Waals surface area contributed by atoms with E-state index in [-0.39, 0.29) is 0 Å². The van der Waals surface area contributed by atoms with E-state index < -0.39 is 0 Å². The minimum Gasteiger partial charge on any atom is -0.494 e. The molecule has 0 bridgehead atoms. The zero-order chi connectivity index (χ0) is 11.4. The minimum absolute atomic E-state index is 0.706. The number of aryl methyl sites for hydroxylation is 1. The summed E-state index contributed by atoms with van der Waals surface area (Å²) in [6.45, 7) is 4.80. The van der Waals surface area contributed by atoms with Crippen molar-refractivity contribution < 1.29 is 4.74 Å². The van der Waals surface area contributed by atoms with Gasteiger partial charge >= 0.3 is 0 Å². The van der Waals surface area contributed by atoms with Crippen LogP contribution in [0.1, 0.15) is 12.5 Å². The second-order valence-electron chi connectivity index (χ2n) is 3.83. The number of rotatable bonds is 3. The second-order valence-corrected chi connectivity index (χ2v) is 3.83. The van der Waals surface area contributed by atoms with Crippen molar-refractivity contribution in [2.24, 2.45) is 0 Å². The summed E-state index contributed by atoms with van der Waals surface area (Å²) in [6.07, 6.45) is 0. The first kappa shape index (κ1) is 10.7. The molecule has 2 rings (SSSR count). The lowest BCUT2D eigenvalue weighted by Crippen LogP contribution is -1.92. The lowest BCUT2D eigenvalue weighted by molar-refractivity contribution is 0.340. The molecule has 0 aliphatic heterocycles. The van der Waals surface area contributed by atoms with E-state index in [1.54, 1.807) is 0 Å². The van der Waals surface area contributed by atoms with E-state index in [1.165, 1.54) is 16.7 Å². The molecule has 0 N–H and O–H groups in total. The molecule has 0 saturated heterocycles. The number of hydrogen-bond acceptors (Lipinski definition) is 1. The van der Waals surface area contributed by atoms with Crippen LogP contribution in [0.15, 0.2) is 48.5 Å². The van der Waals surface area contributed by atoms with Gasteiger partial charge in [-0.05, 0) is 42.7 Å². The predicted molar refractivity (Wildman–Crippen MR) is 67.8 cm³/mol. The van der Waals surface area contributed by atoms with Crippen LogP contribution in [-0.4, -0.2) is 6.61 Å². The molecule has 2 aromatic rings. The van der Waals surface area contributed by atoms with Gasteiger partial charge in [-0.2, -0.15) is 0 Å². The van der Waals surface area contributed by atoms with Gasteiger partial charge < -0.3 is 4.74 Å². The van der Waals surface area contributed by atoms with E-state index in [2.05, 4.69) is 49.4 Å². The average molecular weight is 212 g/mol. The van der Waals surface area contributed by atoms with E-state index in [9.17, 15) is 0 Å². The molecule has 0 heterocycles. The summed E-state index contributed by atoms with van der Waals surface area (Å²) in [5.41, 5.74) is 3.67. The maximum absolute atomic E-state index is 5.55. The Morgan fingerprint density at radius 3 is 2.38 bits per heavy atom. The molecule has 0 aliphatic carbocycles. The topological polar surface area (TPSA) is 9.23 Å². The summed E-state index contributed by atoms with van der Waals surface area (Å²) in [6, 6.07) is 16.7. The van der Waals surface area contributed by atoms with Gasteiger partial charge in [-0.3, -0.25) is 0 Å². The summed E-state index contributed by atoms with van der Waals surface area (Å²) in [4.78, 5) is 0. The number of benzene rings is 2. The van der Waals surface area contributed by atoms with Crippen molar-refractivity contribution in [2.45, 2.75) is 13.8 Å². The maximum Gasteiger partial charge on any atom is 0.120 e. The van der Waals surface area contributed by atoms with E-state index in [0.29, 0.717) is 6.61 Å². The fraction of sp³-hybridized carbons (Fsp3) is 0.200. The van der Waals surface area contributed by atoms with E-state index in [4.69, 9.17) is 4.74 Å². The molecule has 0 aliphatic rings. The third-order valence-electron chi connectivity index (χ3n) is 2.47. The highest BCUT2D eigenvalue weighted by Crippen LogP contribution is 2.25. The van der Waals surface area contributed by atoms with Crippen LogP contribution in [0.4, 0.5) is 0 Å². The van der Waals surface area contributed by atoms with Gasteiger partial charge in [0.05, 0.1) is 6.61 Å². The van der Waals surface area contributed by atoms with Crippen molar-refractivity contribution in [3.05, 3.63) is 54.1 Å². The molecule has 0 unspecified atom stereocenters. The highest BCUT2D eigenvalue weighted by Gasteiger charge is 2.01. The van der Waals surface area contributed by atoms with Gasteiger partial charge in [0.25, 0.3) is 0 Å². The van der Waals surface area contributed by atoms with Crippen molar-refractivity contribution in [1.29, 1.82) is 0 Å². The SMILES string of the molecule is CCOc1cc(C)cc(-c2ccccc2)c1. The fourth-order valence-corrected chi connectivity index (χ4v) is 1.80. The van der Waals surface area contributed by atoms with Crippen LogP contribution >= 0.6 is 0 Å². The minimum atomic E-state index is 0.706. The highest BCUT2D eigenvalue weighted by molar-refractivity contribution is 5.65. The summed E-state index contributed by atoms with van der Waals surface area (Å²) in [5.74, 6) is 0.946. The monoisotopic (exact) mass is 212 g/mol. The molecule has 0 spiro atoms. The van der Waals surface area contributed by atoms with Crippen LogP contribution in [0.5, 0.6) is 5.75 Å². The van der Waals surface area contributed by atoms with Crippen LogP contribution in [-0.2, 0) is 0 Å². The van der Waals surface area contributed by atoms with Gasteiger partial charge in [-0.25, -0.2) is 0 Å². The predicted octanol–water partition coefficient (Wildman–Crippen LogP) is 4.06. The highest BCUT2D eigenvalue weighted by atomic mass is 16.5. The Labute approximate surface area is 96.7 Å². The Kier molecular flexibility index (Phi) is 3.25.